The fourth-order valence-corrected chi connectivity index (χ4v) is 1.31. The number of halogens is 1. The highest BCUT2D eigenvalue weighted by atomic mass is 35.5. The lowest BCUT2D eigenvalue weighted by Crippen LogP contribution is -1.96. The van der Waals surface area contributed by atoms with E-state index >= 15 is 0 Å². The molecule has 0 bridgehead atoms. The van der Waals surface area contributed by atoms with Gasteiger partial charge in [-0.2, -0.15) is 0 Å². The molecule has 0 atom stereocenters. The van der Waals surface area contributed by atoms with E-state index in [1.54, 1.807) is 18.5 Å². The van der Waals surface area contributed by atoms with Crippen LogP contribution < -0.4 is 0 Å². The molecule has 5 heteroatoms. The smallest absolute Gasteiger partial charge is 0.160 e. The van der Waals surface area contributed by atoms with Gasteiger partial charge in [0.15, 0.2) is 11.0 Å². The highest BCUT2D eigenvalue weighted by Crippen LogP contribution is 2.13. The van der Waals surface area contributed by atoms with Crippen molar-refractivity contribution in [2.24, 2.45) is 0 Å². The van der Waals surface area contributed by atoms with Crippen LogP contribution in [0.15, 0.2) is 24.7 Å². The third-order valence-corrected chi connectivity index (χ3v) is 2.28. The standard InChI is InChI=1S/C10H11ClN4/c1-7(2)8-5-15(6-12-8)10-4-3-9(11)13-14-10/h3-7H,1-2H3. The Hall–Kier alpha value is -1.42. The van der Waals surface area contributed by atoms with Crippen molar-refractivity contribution in [2.75, 3.05) is 0 Å². The largest absolute Gasteiger partial charge is 0.289 e. The molecule has 2 rings (SSSR count). The molecule has 0 saturated heterocycles. The Bertz CT molecular complexity index is 447. The first-order chi connectivity index (χ1) is 7.16. The van der Waals surface area contributed by atoms with Crippen molar-refractivity contribution in [1.29, 1.82) is 0 Å². The van der Waals surface area contributed by atoms with Gasteiger partial charge in [-0.3, -0.25) is 4.57 Å². The van der Waals surface area contributed by atoms with Crippen LogP contribution in [0, 0.1) is 0 Å². The minimum atomic E-state index is 0.392. The molecule has 0 N–H and O–H groups in total. The summed E-state index contributed by atoms with van der Waals surface area (Å²) in [5, 5.41) is 8.13. The van der Waals surface area contributed by atoms with Crippen LogP contribution in [0.3, 0.4) is 0 Å². The van der Waals surface area contributed by atoms with Gasteiger partial charge in [-0.25, -0.2) is 4.98 Å². The number of aromatic nitrogens is 4. The number of imidazole rings is 1. The highest BCUT2D eigenvalue weighted by molar-refractivity contribution is 6.29. The van der Waals surface area contributed by atoms with Crippen molar-refractivity contribution in [3.8, 4) is 5.82 Å². The molecule has 2 heterocycles. The van der Waals surface area contributed by atoms with Crippen molar-refractivity contribution in [2.45, 2.75) is 19.8 Å². The molecule has 2 aromatic heterocycles. The lowest BCUT2D eigenvalue weighted by Gasteiger charge is -1.99. The van der Waals surface area contributed by atoms with Gasteiger partial charge in [0.25, 0.3) is 0 Å². The van der Waals surface area contributed by atoms with Gasteiger partial charge in [0, 0.05) is 6.20 Å². The number of rotatable bonds is 2. The van der Waals surface area contributed by atoms with Crippen LogP contribution in [-0.4, -0.2) is 19.7 Å². The minimum Gasteiger partial charge on any atom is -0.289 e. The first-order valence-electron chi connectivity index (χ1n) is 4.70. The monoisotopic (exact) mass is 222 g/mol. The summed E-state index contributed by atoms with van der Waals surface area (Å²) < 4.78 is 1.83. The van der Waals surface area contributed by atoms with E-state index in [1.807, 2.05) is 10.8 Å². The van der Waals surface area contributed by atoms with Crippen LogP contribution in [0.1, 0.15) is 25.5 Å². The van der Waals surface area contributed by atoms with E-state index in [2.05, 4.69) is 29.0 Å². The molecule has 0 aliphatic heterocycles. The Morgan fingerprint density at radius 2 is 2.07 bits per heavy atom. The number of nitrogens with zero attached hydrogens (tertiary/aromatic N) is 4. The first kappa shape index (κ1) is 10.1. The predicted molar refractivity (Wildman–Crippen MR) is 58.3 cm³/mol. The molecule has 15 heavy (non-hydrogen) atoms. The summed E-state index contributed by atoms with van der Waals surface area (Å²) >= 11 is 5.66. The second kappa shape index (κ2) is 3.98. The molecule has 0 aromatic carbocycles. The van der Waals surface area contributed by atoms with Gasteiger partial charge in [0.05, 0.1) is 5.69 Å². The summed E-state index contributed by atoms with van der Waals surface area (Å²) in [6, 6.07) is 3.51. The van der Waals surface area contributed by atoms with Gasteiger partial charge in [-0.15, -0.1) is 10.2 Å². The maximum atomic E-state index is 5.66. The zero-order chi connectivity index (χ0) is 10.8. The molecule has 0 radical (unpaired) electrons. The Labute approximate surface area is 92.9 Å². The summed E-state index contributed by atoms with van der Waals surface area (Å²) in [6.45, 7) is 4.19. The molecule has 0 aliphatic carbocycles. The van der Waals surface area contributed by atoms with Crippen LogP contribution in [-0.2, 0) is 0 Å². The van der Waals surface area contributed by atoms with Crippen molar-refractivity contribution in [3.05, 3.63) is 35.5 Å². The second-order valence-corrected chi connectivity index (χ2v) is 3.96. The fraction of sp³-hybridized carbons (Fsp3) is 0.300. The molecule has 0 saturated carbocycles. The second-order valence-electron chi connectivity index (χ2n) is 3.57. The van der Waals surface area contributed by atoms with Gasteiger partial charge in [0.2, 0.25) is 0 Å². The summed E-state index contributed by atoms with van der Waals surface area (Å²) in [7, 11) is 0. The third-order valence-electron chi connectivity index (χ3n) is 2.08. The summed E-state index contributed by atoms with van der Waals surface area (Å²) in [5.41, 5.74) is 1.03. The van der Waals surface area contributed by atoms with Crippen LogP contribution in [0.25, 0.3) is 5.82 Å². The van der Waals surface area contributed by atoms with E-state index in [9.17, 15) is 0 Å². The number of hydrogen-bond donors (Lipinski definition) is 0. The normalized spacial score (nSPS) is 10.9. The third kappa shape index (κ3) is 2.15. The zero-order valence-electron chi connectivity index (χ0n) is 8.55. The van der Waals surface area contributed by atoms with Crippen molar-refractivity contribution in [3.63, 3.8) is 0 Å². The van der Waals surface area contributed by atoms with E-state index in [4.69, 9.17) is 11.6 Å². The van der Waals surface area contributed by atoms with E-state index < -0.39 is 0 Å². The Morgan fingerprint density at radius 1 is 1.27 bits per heavy atom. The Kier molecular flexibility index (Phi) is 2.68. The molecule has 78 valence electrons. The summed E-state index contributed by atoms with van der Waals surface area (Å²) in [5.74, 6) is 1.13. The Balaban J connectivity index is 2.33. The molecule has 0 fully saturated rings. The fourth-order valence-electron chi connectivity index (χ4n) is 1.21. The van der Waals surface area contributed by atoms with Crippen molar-refractivity contribution in [1.82, 2.24) is 19.7 Å². The quantitative estimate of drug-likeness (QED) is 0.784. The molecule has 0 aliphatic rings. The molecular weight excluding hydrogens is 212 g/mol. The SMILES string of the molecule is CC(C)c1cn(-c2ccc(Cl)nn2)cn1. The molecule has 2 aromatic rings. The van der Waals surface area contributed by atoms with E-state index in [-0.39, 0.29) is 0 Å². The molecule has 0 spiro atoms. The lowest BCUT2D eigenvalue weighted by atomic mass is 10.2. The van der Waals surface area contributed by atoms with E-state index in [0.717, 1.165) is 11.5 Å². The predicted octanol–water partition coefficient (Wildman–Crippen LogP) is 2.44. The van der Waals surface area contributed by atoms with Gasteiger partial charge in [-0.05, 0) is 18.1 Å². The molecule has 0 unspecified atom stereocenters. The van der Waals surface area contributed by atoms with Crippen LogP contribution >= 0.6 is 11.6 Å². The molecule has 0 amide bonds. The van der Waals surface area contributed by atoms with Gasteiger partial charge >= 0.3 is 0 Å². The maximum Gasteiger partial charge on any atom is 0.160 e. The average molecular weight is 223 g/mol. The summed E-state index contributed by atoms with van der Waals surface area (Å²) in [6.07, 6.45) is 3.68. The maximum absolute atomic E-state index is 5.66. The highest BCUT2D eigenvalue weighted by Gasteiger charge is 2.05. The summed E-state index contributed by atoms with van der Waals surface area (Å²) in [4.78, 5) is 4.28. The zero-order valence-corrected chi connectivity index (χ0v) is 9.31. The van der Waals surface area contributed by atoms with Gasteiger partial charge in [0.1, 0.15) is 6.33 Å². The molecular formula is C10H11ClN4. The van der Waals surface area contributed by atoms with Gasteiger partial charge in [-0.1, -0.05) is 25.4 Å². The van der Waals surface area contributed by atoms with Crippen LogP contribution in [0.5, 0.6) is 0 Å². The van der Waals surface area contributed by atoms with Gasteiger partial charge < -0.3 is 0 Å². The minimum absolute atomic E-state index is 0.392. The lowest BCUT2D eigenvalue weighted by molar-refractivity contribution is 0.830. The van der Waals surface area contributed by atoms with Crippen LogP contribution in [0.2, 0.25) is 5.15 Å². The molecule has 4 nitrogen and oxygen atoms in total. The van der Waals surface area contributed by atoms with E-state index in [0.29, 0.717) is 11.1 Å². The first-order valence-corrected chi connectivity index (χ1v) is 5.08. The number of hydrogen-bond acceptors (Lipinski definition) is 3. The Morgan fingerprint density at radius 3 is 2.60 bits per heavy atom. The van der Waals surface area contributed by atoms with E-state index in [1.165, 1.54) is 0 Å². The van der Waals surface area contributed by atoms with Crippen LogP contribution in [0.4, 0.5) is 0 Å². The van der Waals surface area contributed by atoms with Crippen molar-refractivity contribution >= 4 is 11.6 Å². The average Bonchev–Trinajstić information content (AvgIpc) is 2.68. The topological polar surface area (TPSA) is 43.6 Å². The van der Waals surface area contributed by atoms with Crippen molar-refractivity contribution < 1.29 is 0 Å².